The maximum atomic E-state index is 12.7. The molecule has 0 spiro atoms. The molecule has 0 saturated heterocycles. The van der Waals surface area contributed by atoms with E-state index in [1.165, 1.54) is 0 Å². The van der Waals surface area contributed by atoms with Crippen LogP contribution in [0.3, 0.4) is 0 Å². The summed E-state index contributed by atoms with van der Waals surface area (Å²) in [5.41, 5.74) is 5.48. The molecule has 1 atom stereocenters. The van der Waals surface area contributed by atoms with Crippen LogP contribution in [0.5, 0.6) is 5.75 Å². The van der Waals surface area contributed by atoms with Crippen molar-refractivity contribution >= 4 is 39.7 Å². The Labute approximate surface area is 221 Å². The van der Waals surface area contributed by atoms with Crippen molar-refractivity contribution in [2.45, 2.75) is 20.0 Å². The van der Waals surface area contributed by atoms with Gasteiger partial charge in [0.25, 0.3) is 0 Å². The summed E-state index contributed by atoms with van der Waals surface area (Å²) in [4.78, 5) is 18.2. The topological polar surface area (TPSA) is 73.1 Å². The van der Waals surface area contributed by atoms with E-state index in [9.17, 15) is 9.90 Å². The molecule has 0 aliphatic heterocycles. The van der Waals surface area contributed by atoms with Crippen LogP contribution in [0.4, 0.5) is 0 Å². The SMILES string of the molecule is C=Cn1c2ccccc2c2cc(/C(=N\OC(=O)c3ccccc3)c3ccc(OC(C)CO)cc3C)ccc21. The Morgan fingerprint density at radius 3 is 2.42 bits per heavy atom. The molecule has 0 fully saturated rings. The van der Waals surface area contributed by atoms with Gasteiger partial charge in [-0.3, -0.25) is 0 Å². The predicted molar refractivity (Wildman–Crippen MR) is 152 cm³/mol. The average molecular weight is 505 g/mol. The number of para-hydroxylation sites is 1. The quantitative estimate of drug-likeness (QED) is 0.147. The number of aliphatic hydroxyl groups is 1. The highest BCUT2D eigenvalue weighted by molar-refractivity contribution is 6.17. The van der Waals surface area contributed by atoms with Crippen molar-refractivity contribution in [1.29, 1.82) is 0 Å². The Hall–Kier alpha value is -4.68. The number of carbonyl (C=O) groups excluding carboxylic acids is 1. The lowest BCUT2D eigenvalue weighted by Crippen LogP contribution is -2.16. The summed E-state index contributed by atoms with van der Waals surface area (Å²) in [6.45, 7) is 7.65. The van der Waals surface area contributed by atoms with Crippen molar-refractivity contribution in [2.75, 3.05) is 6.61 Å². The number of benzene rings is 4. The number of hydrogen-bond donors (Lipinski definition) is 1. The van der Waals surface area contributed by atoms with Gasteiger partial charge in [0.05, 0.1) is 23.2 Å². The van der Waals surface area contributed by atoms with Crippen LogP contribution >= 0.6 is 0 Å². The van der Waals surface area contributed by atoms with Gasteiger partial charge in [0, 0.05) is 28.1 Å². The number of aryl methyl sites for hydroxylation is 1. The third-order valence-electron chi connectivity index (χ3n) is 6.44. The fourth-order valence-corrected chi connectivity index (χ4v) is 4.56. The smallest absolute Gasteiger partial charge is 0.365 e. The maximum Gasteiger partial charge on any atom is 0.365 e. The summed E-state index contributed by atoms with van der Waals surface area (Å²) in [6.07, 6.45) is 1.47. The lowest BCUT2D eigenvalue weighted by Gasteiger charge is -2.15. The molecule has 0 aliphatic carbocycles. The number of rotatable bonds is 8. The number of hydrogen-bond acceptors (Lipinski definition) is 5. The van der Waals surface area contributed by atoms with Gasteiger partial charge >= 0.3 is 5.97 Å². The van der Waals surface area contributed by atoms with Gasteiger partial charge in [-0.25, -0.2) is 4.79 Å². The molecular weight excluding hydrogens is 476 g/mol. The monoisotopic (exact) mass is 504 g/mol. The Balaban J connectivity index is 1.63. The fourth-order valence-electron chi connectivity index (χ4n) is 4.56. The van der Waals surface area contributed by atoms with Crippen LogP contribution in [0.2, 0.25) is 0 Å². The van der Waals surface area contributed by atoms with E-state index >= 15 is 0 Å². The van der Waals surface area contributed by atoms with E-state index in [1.54, 1.807) is 37.4 Å². The predicted octanol–water partition coefficient (Wildman–Crippen LogP) is 6.57. The molecule has 1 heterocycles. The van der Waals surface area contributed by atoms with Crippen LogP contribution in [0, 0.1) is 6.92 Å². The molecule has 0 radical (unpaired) electrons. The van der Waals surface area contributed by atoms with Crippen molar-refractivity contribution < 1.29 is 19.5 Å². The van der Waals surface area contributed by atoms with Gasteiger partial charge in [-0.1, -0.05) is 54.2 Å². The van der Waals surface area contributed by atoms with Gasteiger partial charge in [0.2, 0.25) is 0 Å². The van der Waals surface area contributed by atoms with Crippen LogP contribution in [0.1, 0.15) is 34.0 Å². The van der Waals surface area contributed by atoms with Crippen molar-refractivity contribution in [3.63, 3.8) is 0 Å². The molecule has 5 aromatic rings. The van der Waals surface area contributed by atoms with E-state index in [1.807, 2.05) is 55.5 Å². The largest absolute Gasteiger partial charge is 0.488 e. The zero-order valence-electron chi connectivity index (χ0n) is 21.3. The lowest BCUT2D eigenvalue weighted by molar-refractivity contribution is 0.0517. The Morgan fingerprint density at radius 1 is 0.947 bits per heavy atom. The molecule has 38 heavy (non-hydrogen) atoms. The first-order valence-electron chi connectivity index (χ1n) is 12.4. The highest BCUT2D eigenvalue weighted by atomic mass is 16.7. The molecule has 0 aliphatic rings. The Morgan fingerprint density at radius 2 is 1.68 bits per heavy atom. The van der Waals surface area contributed by atoms with E-state index in [2.05, 4.69) is 34.5 Å². The molecule has 4 aromatic carbocycles. The minimum atomic E-state index is -0.540. The van der Waals surface area contributed by atoms with Gasteiger partial charge in [0.1, 0.15) is 17.6 Å². The number of nitrogens with zero attached hydrogens (tertiary/aromatic N) is 2. The molecule has 1 aromatic heterocycles. The number of oxime groups is 1. The standard InChI is InChI=1S/C32H28N2O4/c1-4-34-29-13-9-8-12-27(29)28-19-24(14-17-30(28)34)31(33-38-32(36)23-10-6-5-7-11-23)26-16-15-25(18-21(26)2)37-22(3)20-35/h4-19,22,35H,1,20H2,2-3H3/b33-31+. The van der Waals surface area contributed by atoms with Crippen molar-refractivity contribution in [2.24, 2.45) is 5.16 Å². The maximum absolute atomic E-state index is 12.7. The van der Waals surface area contributed by atoms with E-state index < -0.39 is 5.97 Å². The Kier molecular flexibility index (Phi) is 7.07. The summed E-state index contributed by atoms with van der Waals surface area (Å²) < 4.78 is 7.83. The van der Waals surface area contributed by atoms with Gasteiger partial charge in [-0.05, 0) is 67.9 Å². The number of aliphatic hydroxyl groups excluding tert-OH is 1. The highest BCUT2D eigenvalue weighted by Crippen LogP contribution is 2.31. The Bertz CT molecular complexity index is 1670. The number of fused-ring (bicyclic) bond motifs is 3. The van der Waals surface area contributed by atoms with Crippen LogP contribution in [0.25, 0.3) is 28.0 Å². The zero-order chi connectivity index (χ0) is 26.6. The molecule has 6 nitrogen and oxygen atoms in total. The van der Waals surface area contributed by atoms with Crippen LogP contribution in [0.15, 0.2) is 103 Å². The number of carbonyl (C=O) groups is 1. The minimum Gasteiger partial charge on any atom is -0.488 e. The van der Waals surface area contributed by atoms with E-state index in [-0.39, 0.29) is 12.7 Å². The number of aromatic nitrogens is 1. The summed E-state index contributed by atoms with van der Waals surface area (Å²) in [5.74, 6) is 0.0970. The highest BCUT2D eigenvalue weighted by Gasteiger charge is 2.17. The zero-order valence-corrected chi connectivity index (χ0v) is 21.3. The molecule has 0 bridgehead atoms. The van der Waals surface area contributed by atoms with E-state index in [4.69, 9.17) is 9.57 Å². The molecule has 5 rings (SSSR count). The second kappa shape index (κ2) is 10.7. The second-order valence-corrected chi connectivity index (χ2v) is 9.07. The molecular formula is C32H28N2O4. The van der Waals surface area contributed by atoms with Crippen molar-refractivity contribution in [1.82, 2.24) is 4.57 Å². The summed E-state index contributed by atoms with van der Waals surface area (Å²) in [7, 11) is 0. The molecule has 190 valence electrons. The minimum absolute atomic E-state index is 0.0821. The van der Waals surface area contributed by atoms with E-state index in [0.717, 1.165) is 38.5 Å². The van der Waals surface area contributed by atoms with Crippen LogP contribution in [-0.4, -0.2) is 34.1 Å². The van der Waals surface area contributed by atoms with Gasteiger partial charge in [-0.2, -0.15) is 0 Å². The average Bonchev–Trinajstić information content (AvgIpc) is 3.27. The van der Waals surface area contributed by atoms with Crippen LogP contribution in [-0.2, 0) is 4.84 Å². The lowest BCUT2D eigenvalue weighted by atomic mass is 9.96. The fraction of sp³-hybridized carbons (Fsp3) is 0.125. The summed E-state index contributed by atoms with van der Waals surface area (Å²) >= 11 is 0. The first kappa shape index (κ1) is 25.0. The van der Waals surface area contributed by atoms with Crippen molar-refractivity contribution in [3.05, 3.63) is 120 Å². The number of ether oxygens (including phenoxy) is 1. The summed E-state index contributed by atoms with van der Waals surface area (Å²) in [6, 6.07) is 28.6. The third-order valence-corrected chi connectivity index (χ3v) is 6.44. The van der Waals surface area contributed by atoms with Gasteiger partial charge in [0.15, 0.2) is 0 Å². The molecule has 0 amide bonds. The summed E-state index contributed by atoms with van der Waals surface area (Å²) in [5, 5.41) is 15.9. The first-order chi connectivity index (χ1) is 18.5. The molecule has 1 N–H and O–H groups in total. The molecule has 6 heteroatoms. The normalized spacial score (nSPS) is 12.4. The molecule has 0 saturated carbocycles. The molecule has 1 unspecified atom stereocenters. The van der Waals surface area contributed by atoms with Crippen molar-refractivity contribution in [3.8, 4) is 5.75 Å². The first-order valence-corrected chi connectivity index (χ1v) is 12.4. The van der Waals surface area contributed by atoms with Gasteiger partial charge < -0.3 is 19.2 Å². The third kappa shape index (κ3) is 4.82. The second-order valence-electron chi connectivity index (χ2n) is 9.07. The van der Waals surface area contributed by atoms with E-state index in [0.29, 0.717) is 17.0 Å². The van der Waals surface area contributed by atoms with Crippen LogP contribution < -0.4 is 4.74 Å². The van der Waals surface area contributed by atoms with Gasteiger partial charge in [-0.15, -0.1) is 0 Å².